The van der Waals surface area contributed by atoms with Gasteiger partial charge in [-0.05, 0) is 54.6 Å². The van der Waals surface area contributed by atoms with E-state index in [0.717, 1.165) is 12.1 Å². The van der Waals surface area contributed by atoms with Crippen LogP contribution in [0, 0.1) is 18.2 Å². The number of nitrogens with one attached hydrogen (secondary N) is 2. The molecule has 0 fully saturated rings. The molecule has 0 aliphatic rings. The number of pyridine rings is 1. The SMILES string of the molecule is [C-]#[N+]c1cc2c(Oc3ccc(NC(=O)Nc4ccc(F)cc4F)cc3)ccnc2cc1OC. The lowest BCUT2D eigenvalue weighted by Gasteiger charge is -2.12. The zero-order valence-corrected chi connectivity index (χ0v) is 17.2. The lowest BCUT2D eigenvalue weighted by atomic mass is 10.1. The van der Waals surface area contributed by atoms with Gasteiger partial charge in [0.05, 0.1) is 24.9 Å². The minimum absolute atomic E-state index is 0.145. The van der Waals surface area contributed by atoms with Crippen molar-refractivity contribution < 1.29 is 23.0 Å². The molecule has 0 unspecified atom stereocenters. The van der Waals surface area contributed by atoms with Gasteiger partial charge in [-0.1, -0.05) is 0 Å². The third-order valence-corrected chi connectivity index (χ3v) is 4.64. The lowest BCUT2D eigenvalue weighted by molar-refractivity contribution is 0.262. The summed E-state index contributed by atoms with van der Waals surface area (Å²) < 4.78 is 37.8. The maximum Gasteiger partial charge on any atom is 0.323 e. The molecule has 33 heavy (non-hydrogen) atoms. The molecule has 7 nitrogen and oxygen atoms in total. The van der Waals surface area contributed by atoms with Crippen molar-refractivity contribution in [3.63, 3.8) is 0 Å². The number of benzene rings is 3. The van der Waals surface area contributed by atoms with Crippen LogP contribution in [0.25, 0.3) is 15.7 Å². The fourth-order valence-electron chi connectivity index (χ4n) is 3.09. The predicted octanol–water partition coefficient (Wildman–Crippen LogP) is 6.51. The number of aromatic nitrogens is 1. The number of nitrogens with zero attached hydrogens (tertiary/aromatic N) is 2. The van der Waals surface area contributed by atoms with Gasteiger partial charge in [0.25, 0.3) is 0 Å². The third kappa shape index (κ3) is 4.80. The van der Waals surface area contributed by atoms with E-state index in [4.69, 9.17) is 16.0 Å². The number of carbonyl (C=O) groups is 1. The van der Waals surface area contributed by atoms with Gasteiger partial charge in [-0.15, -0.1) is 0 Å². The van der Waals surface area contributed by atoms with E-state index in [1.165, 1.54) is 7.11 Å². The van der Waals surface area contributed by atoms with E-state index >= 15 is 0 Å². The molecule has 1 aromatic heterocycles. The molecule has 0 spiro atoms. The molecule has 4 aromatic rings. The highest BCUT2D eigenvalue weighted by atomic mass is 19.1. The molecule has 0 saturated heterocycles. The number of hydrogen-bond donors (Lipinski definition) is 2. The second-order valence-electron chi connectivity index (χ2n) is 6.79. The van der Waals surface area contributed by atoms with Crippen molar-refractivity contribution in [1.82, 2.24) is 4.98 Å². The van der Waals surface area contributed by atoms with Crippen LogP contribution in [-0.2, 0) is 0 Å². The van der Waals surface area contributed by atoms with E-state index in [9.17, 15) is 13.6 Å². The second kappa shape index (κ2) is 9.20. The molecule has 0 aliphatic heterocycles. The molecule has 0 aliphatic carbocycles. The normalized spacial score (nSPS) is 10.4. The highest BCUT2D eigenvalue weighted by Crippen LogP contribution is 2.37. The van der Waals surface area contributed by atoms with E-state index in [1.807, 2.05) is 0 Å². The monoisotopic (exact) mass is 446 g/mol. The Hall–Kier alpha value is -4.71. The fraction of sp³-hybridized carbons (Fsp3) is 0.0417. The van der Waals surface area contributed by atoms with Crippen LogP contribution >= 0.6 is 0 Å². The number of halogens is 2. The first-order valence-corrected chi connectivity index (χ1v) is 9.62. The highest BCUT2D eigenvalue weighted by Gasteiger charge is 2.12. The van der Waals surface area contributed by atoms with Gasteiger partial charge in [0.1, 0.15) is 28.9 Å². The Balaban J connectivity index is 1.48. The molecule has 3 aromatic carbocycles. The quantitative estimate of drug-likeness (QED) is 0.343. The maximum absolute atomic E-state index is 13.7. The van der Waals surface area contributed by atoms with E-state index in [1.54, 1.807) is 48.7 Å². The van der Waals surface area contributed by atoms with Crippen molar-refractivity contribution in [1.29, 1.82) is 0 Å². The molecule has 164 valence electrons. The summed E-state index contributed by atoms with van der Waals surface area (Å²) in [5, 5.41) is 5.52. The Bertz CT molecular complexity index is 1390. The summed E-state index contributed by atoms with van der Waals surface area (Å²) in [6.45, 7) is 7.33. The standard InChI is InChI=1S/C24H16F2N4O3/c1-27-21-12-17-20(13-23(21)32-2)28-10-9-22(17)33-16-6-4-15(5-7-16)29-24(31)30-19-8-3-14(25)11-18(19)26/h3-13H,2H3,(H2,29,30,31). The number of fused-ring (bicyclic) bond motifs is 1. The van der Waals surface area contributed by atoms with Gasteiger partial charge in [0.2, 0.25) is 5.69 Å². The first-order chi connectivity index (χ1) is 16.0. The molecule has 0 saturated carbocycles. The van der Waals surface area contributed by atoms with Crippen molar-refractivity contribution in [2.24, 2.45) is 0 Å². The van der Waals surface area contributed by atoms with Gasteiger partial charge in [0.15, 0.2) is 0 Å². The Morgan fingerprint density at radius 3 is 2.48 bits per heavy atom. The zero-order valence-electron chi connectivity index (χ0n) is 17.2. The van der Waals surface area contributed by atoms with Crippen LogP contribution in [0.1, 0.15) is 0 Å². The molecule has 2 N–H and O–H groups in total. The van der Waals surface area contributed by atoms with E-state index in [0.29, 0.717) is 45.6 Å². The van der Waals surface area contributed by atoms with Crippen LogP contribution in [0.2, 0.25) is 0 Å². The van der Waals surface area contributed by atoms with Crippen LogP contribution in [0.15, 0.2) is 66.9 Å². The van der Waals surface area contributed by atoms with E-state index < -0.39 is 17.7 Å². The third-order valence-electron chi connectivity index (χ3n) is 4.64. The molecule has 2 amide bonds. The molecule has 4 rings (SSSR count). The summed E-state index contributed by atoms with van der Waals surface area (Å²) in [6.07, 6.45) is 1.59. The molecular weight excluding hydrogens is 430 g/mol. The number of urea groups is 1. The number of rotatable bonds is 5. The lowest BCUT2D eigenvalue weighted by Crippen LogP contribution is -2.20. The Labute approximate surface area is 187 Å². The smallest absolute Gasteiger partial charge is 0.323 e. The number of ether oxygens (including phenoxy) is 2. The van der Waals surface area contributed by atoms with Gasteiger partial charge in [-0.3, -0.25) is 4.98 Å². The number of carbonyl (C=O) groups excluding carboxylic acids is 1. The summed E-state index contributed by atoms with van der Waals surface area (Å²) in [5.74, 6) is -0.203. The van der Waals surface area contributed by atoms with Gasteiger partial charge >= 0.3 is 6.03 Å². The summed E-state index contributed by atoms with van der Waals surface area (Å²) in [4.78, 5) is 19.9. The summed E-state index contributed by atoms with van der Waals surface area (Å²) in [7, 11) is 1.49. The maximum atomic E-state index is 13.7. The molecule has 0 atom stereocenters. The topological polar surface area (TPSA) is 76.8 Å². The van der Waals surface area contributed by atoms with Crippen LogP contribution in [0.5, 0.6) is 17.2 Å². The van der Waals surface area contributed by atoms with Crippen molar-refractivity contribution in [2.75, 3.05) is 17.7 Å². The molecular formula is C24H16F2N4O3. The minimum Gasteiger partial charge on any atom is -0.508 e. The number of hydrogen-bond acceptors (Lipinski definition) is 4. The average molecular weight is 446 g/mol. The highest BCUT2D eigenvalue weighted by molar-refractivity contribution is 5.99. The molecule has 0 bridgehead atoms. The van der Waals surface area contributed by atoms with E-state index in [-0.39, 0.29) is 5.69 Å². The first-order valence-electron chi connectivity index (χ1n) is 9.62. The van der Waals surface area contributed by atoms with E-state index in [2.05, 4.69) is 20.5 Å². The van der Waals surface area contributed by atoms with Gasteiger partial charge in [-0.25, -0.2) is 18.4 Å². The van der Waals surface area contributed by atoms with Crippen molar-refractivity contribution >= 4 is 34.0 Å². The molecule has 0 radical (unpaired) electrons. The van der Waals surface area contributed by atoms with Crippen LogP contribution in [-0.4, -0.2) is 18.1 Å². The Morgan fingerprint density at radius 1 is 1.00 bits per heavy atom. The number of amides is 2. The summed E-state index contributed by atoms with van der Waals surface area (Å²) in [6, 6.07) is 13.7. The van der Waals surface area contributed by atoms with Gasteiger partial charge < -0.3 is 20.1 Å². The first kappa shape index (κ1) is 21.5. The minimum atomic E-state index is -0.877. The van der Waals surface area contributed by atoms with Crippen molar-refractivity contribution in [3.05, 3.63) is 89.9 Å². The van der Waals surface area contributed by atoms with Gasteiger partial charge in [-0.2, -0.15) is 0 Å². The average Bonchev–Trinajstić information content (AvgIpc) is 2.81. The predicted molar refractivity (Wildman–Crippen MR) is 120 cm³/mol. The summed E-state index contributed by atoms with van der Waals surface area (Å²) in [5.41, 5.74) is 1.24. The van der Waals surface area contributed by atoms with Gasteiger partial charge in [0, 0.05) is 23.3 Å². The van der Waals surface area contributed by atoms with Crippen molar-refractivity contribution in [3.8, 4) is 17.2 Å². The molecule has 9 heteroatoms. The Morgan fingerprint density at radius 2 is 1.79 bits per heavy atom. The largest absolute Gasteiger partial charge is 0.508 e. The number of methoxy groups -OCH3 is 1. The molecule has 1 heterocycles. The van der Waals surface area contributed by atoms with Crippen molar-refractivity contribution in [2.45, 2.75) is 0 Å². The summed E-state index contributed by atoms with van der Waals surface area (Å²) >= 11 is 0. The van der Waals surface area contributed by atoms with Crippen LogP contribution in [0.4, 0.5) is 30.6 Å². The Kier molecular flexibility index (Phi) is 6.00. The zero-order chi connectivity index (χ0) is 23.4. The van der Waals surface area contributed by atoms with Crippen LogP contribution < -0.4 is 20.1 Å². The fourth-order valence-corrected chi connectivity index (χ4v) is 3.09. The number of anilines is 2. The van der Waals surface area contributed by atoms with Crippen LogP contribution in [0.3, 0.4) is 0 Å². The second-order valence-corrected chi connectivity index (χ2v) is 6.79.